The number of hydrogen-bond acceptors (Lipinski definition) is 4. The molecule has 1 heterocycles. The molecule has 0 aromatic carbocycles. The van der Waals surface area contributed by atoms with Gasteiger partial charge in [0.25, 0.3) is 0 Å². The largest absolute Gasteiger partial charge is 0.466 e. The lowest BCUT2D eigenvalue weighted by Crippen LogP contribution is -2.43. The summed E-state index contributed by atoms with van der Waals surface area (Å²) in [6.45, 7) is 7.29. The van der Waals surface area contributed by atoms with Gasteiger partial charge in [0, 0.05) is 19.0 Å². The molecule has 0 spiro atoms. The Morgan fingerprint density at radius 2 is 1.89 bits per heavy atom. The summed E-state index contributed by atoms with van der Waals surface area (Å²) in [6, 6.07) is 0.132. The van der Waals surface area contributed by atoms with Crippen molar-refractivity contribution in [2.45, 2.75) is 52.0 Å². The van der Waals surface area contributed by atoms with E-state index in [-0.39, 0.29) is 30.8 Å². The molecule has 1 aliphatic rings. The molecular formula is C14H26N2O3. The predicted octanol–water partition coefficient (Wildman–Crippen LogP) is 1.32. The first-order chi connectivity index (χ1) is 9.11. The number of hydrogen-bond donors (Lipinski definition) is 1. The highest BCUT2D eigenvalue weighted by Gasteiger charge is 2.15. The molecule has 1 atom stereocenters. The number of carbonyl (C=O) groups excluding carboxylic acids is 2. The van der Waals surface area contributed by atoms with Crippen LogP contribution < -0.4 is 5.32 Å². The number of amides is 1. The van der Waals surface area contributed by atoms with Gasteiger partial charge in [0.05, 0.1) is 13.0 Å². The number of nitrogens with one attached hydrogen (secondary N) is 1. The van der Waals surface area contributed by atoms with E-state index in [1.807, 2.05) is 6.92 Å². The van der Waals surface area contributed by atoms with Crippen molar-refractivity contribution < 1.29 is 14.3 Å². The van der Waals surface area contributed by atoms with Crippen LogP contribution in [0.4, 0.5) is 0 Å². The number of nitrogens with zero attached hydrogens (tertiary/aromatic N) is 1. The Kier molecular flexibility index (Phi) is 7.48. The predicted molar refractivity (Wildman–Crippen MR) is 73.8 cm³/mol. The van der Waals surface area contributed by atoms with E-state index in [0.29, 0.717) is 6.61 Å². The van der Waals surface area contributed by atoms with Crippen LogP contribution in [0, 0.1) is 0 Å². The monoisotopic (exact) mass is 270 g/mol. The van der Waals surface area contributed by atoms with E-state index < -0.39 is 0 Å². The van der Waals surface area contributed by atoms with Crippen LogP contribution in [-0.4, -0.2) is 49.1 Å². The summed E-state index contributed by atoms with van der Waals surface area (Å²) in [5.74, 6) is -0.376. The zero-order valence-corrected chi connectivity index (χ0v) is 12.1. The van der Waals surface area contributed by atoms with Crippen molar-refractivity contribution in [1.82, 2.24) is 10.2 Å². The lowest BCUT2D eigenvalue weighted by Gasteiger charge is -2.29. The van der Waals surface area contributed by atoms with E-state index in [4.69, 9.17) is 4.74 Å². The van der Waals surface area contributed by atoms with E-state index in [1.54, 1.807) is 6.92 Å². The van der Waals surface area contributed by atoms with Crippen LogP contribution in [0.5, 0.6) is 0 Å². The maximum absolute atomic E-state index is 11.7. The van der Waals surface area contributed by atoms with E-state index in [2.05, 4.69) is 10.2 Å². The summed E-state index contributed by atoms with van der Waals surface area (Å²) >= 11 is 0. The van der Waals surface area contributed by atoms with Gasteiger partial charge < -0.3 is 15.0 Å². The van der Waals surface area contributed by atoms with Crippen molar-refractivity contribution in [2.75, 3.05) is 26.2 Å². The topological polar surface area (TPSA) is 58.6 Å². The molecule has 0 bridgehead atoms. The molecule has 1 fully saturated rings. The molecule has 0 aromatic rings. The smallest absolute Gasteiger partial charge is 0.306 e. The number of likely N-dealkylation sites (tertiary alicyclic amines) is 1. The van der Waals surface area contributed by atoms with Crippen molar-refractivity contribution in [1.29, 1.82) is 0 Å². The van der Waals surface area contributed by atoms with Gasteiger partial charge in [0.1, 0.15) is 0 Å². The summed E-state index contributed by atoms with van der Waals surface area (Å²) in [4.78, 5) is 25.2. The zero-order valence-electron chi connectivity index (χ0n) is 12.1. The van der Waals surface area contributed by atoms with Gasteiger partial charge in [-0.15, -0.1) is 0 Å². The summed E-state index contributed by atoms with van der Waals surface area (Å²) < 4.78 is 4.79. The Bertz CT molecular complexity index is 288. The van der Waals surface area contributed by atoms with Gasteiger partial charge in [0.2, 0.25) is 5.91 Å². The van der Waals surface area contributed by atoms with Gasteiger partial charge in [-0.3, -0.25) is 9.59 Å². The summed E-state index contributed by atoms with van der Waals surface area (Å²) in [6.07, 6.45) is 4.20. The maximum atomic E-state index is 11.7. The summed E-state index contributed by atoms with van der Waals surface area (Å²) in [5, 5.41) is 2.94. The van der Waals surface area contributed by atoms with Gasteiger partial charge in [0.15, 0.2) is 0 Å². The first kappa shape index (κ1) is 16.0. The Hall–Kier alpha value is -1.10. The van der Waals surface area contributed by atoms with Crippen molar-refractivity contribution in [3.05, 3.63) is 0 Å². The molecule has 1 aliphatic heterocycles. The molecular weight excluding hydrogens is 244 g/mol. The fourth-order valence-electron chi connectivity index (χ4n) is 2.37. The highest BCUT2D eigenvalue weighted by Crippen LogP contribution is 2.08. The fourth-order valence-corrected chi connectivity index (χ4v) is 2.37. The summed E-state index contributed by atoms with van der Waals surface area (Å²) in [7, 11) is 0. The number of carbonyl (C=O) groups is 2. The van der Waals surface area contributed by atoms with E-state index in [0.717, 1.165) is 19.6 Å². The number of ether oxygens (including phenoxy) is 1. The molecule has 0 radical (unpaired) electrons. The quantitative estimate of drug-likeness (QED) is 0.709. The molecule has 110 valence electrons. The van der Waals surface area contributed by atoms with E-state index in [1.165, 1.54) is 19.3 Å². The number of piperidine rings is 1. The first-order valence-corrected chi connectivity index (χ1v) is 7.29. The second-order valence-corrected chi connectivity index (χ2v) is 5.13. The van der Waals surface area contributed by atoms with Crippen LogP contribution in [0.15, 0.2) is 0 Å². The second kappa shape index (κ2) is 8.91. The SMILES string of the molecule is CCOC(=O)CCC(=O)NC(C)CN1CCCCC1. The van der Waals surface area contributed by atoms with Crippen LogP contribution in [0.3, 0.4) is 0 Å². The Labute approximate surface area is 115 Å². The highest BCUT2D eigenvalue weighted by atomic mass is 16.5. The molecule has 1 rings (SSSR count). The highest BCUT2D eigenvalue weighted by molar-refractivity contribution is 5.81. The van der Waals surface area contributed by atoms with Crippen LogP contribution in [-0.2, 0) is 14.3 Å². The molecule has 1 amide bonds. The summed E-state index contributed by atoms with van der Waals surface area (Å²) in [5.41, 5.74) is 0. The molecule has 5 nitrogen and oxygen atoms in total. The van der Waals surface area contributed by atoms with Gasteiger partial charge >= 0.3 is 5.97 Å². The Morgan fingerprint density at radius 3 is 2.53 bits per heavy atom. The van der Waals surface area contributed by atoms with Gasteiger partial charge in [-0.05, 0) is 39.8 Å². The van der Waals surface area contributed by atoms with Crippen molar-refractivity contribution in [2.24, 2.45) is 0 Å². The third-order valence-electron chi connectivity index (χ3n) is 3.25. The molecule has 19 heavy (non-hydrogen) atoms. The third kappa shape index (κ3) is 7.15. The molecule has 1 unspecified atom stereocenters. The molecule has 1 saturated heterocycles. The maximum Gasteiger partial charge on any atom is 0.306 e. The lowest BCUT2D eigenvalue weighted by molar-refractivity contribution is -0.144. The lowest BCUT2D eigenvalue weighted by atomic mass is 10.1. The minimum absolute atomic E-state index is 0.0717. The van der Waals surface area contributed by atoms with Gasteiger partial charge in [-0.2, -0.15) is 0 Å². The molecule has 1 N–H and O–H groups in total. The standard InChI is InChI=1S/C14H26N2O3/c1-3-19-14(18)8-7-13(17)15-12(2)11-16-9-5-4-6-10-16/h12H,3-11H2,1-2H3,(H,15,17). The van der Waals surface area contributed by atoms with Crippen LogP contribution in [0.2, 0.25) is 0 Å². The molecule has 0 aliphatic carbocycles. The molecule has 0 saturated carbocycles. The number of esters is 1. The normalized spacial score (nSPS) is 17.8. The average Bonchev–Trinajstić information content (AvgIpc) is 2.38. The first-order valence-electron chi connectivity index (χ1n) is 7.29. The van der Waals surface area contributed by atoms with E-state index >= 15 is 0 Å². The van der Waals surface area contributed by atoms with Crippen molar-refractivity contribution in [3.8, 4) is 0 Å². The third-order valence-corrected chi connectivity index (χ3v) is 3.25. The van der Waals surface area contributed by atoms with E-state index in [9.17, 15) is 9.59 Å². The van der Waals surface area contributed by atoms with Crippen LogP contribution >= 0.6 is 0 Å². The Balaban J connectivity index is 2.14. The zero-order chi connectivity index (χ0) is 14.1. The van der Waals surface area contributed by atoms with Crippen molar-refractivity contribution >= 4 is 11.9 Å². The second-order valence-electron chi connectivity index (χ2n) is 5.13. The average molecular weight is 270 g/mol. The van der Waals surface area contributed by atoms with Gasteiger partial charge in [-0.1, -0.05) is 6.42 Å². The van der Waals surface area contributed by atoms with Crippen LogP contribution in [0.1, 0.15) is 46.0 Å². The Morgan fingerprint density at radius 1 is 1.21 bits per heavy atom. The minimum atomic E-state index is -0.304. The fraction of sp³-hybridized carbons (Fsp3) is 0.857. The van der Waals surface area contributed by atoms with Crippen LogP contribution in [0.25, 0.3) is 0 Å². The van der Waals surface area contributed by atoms with Crippen molar-refractivity contribution in [3.63, 3.8) is 0 Å². The molecule has 0 aromatic heterocycles. The van der Waals surface area contributed by atoms with Gasteiger partial charge in [-0.25, -0.2) is 0 Å². The minimum Gasteiger partial charge on any atom is -0.466 e. The molecule has 5 heteroatoms. The number of rotatable bonds is 7.